The molecule has 198 valence electrons. The molecule has 0 aliphatic carbocycles. The average Bonchev–Trinajstić information content (AvgIpc) is 3.25. The van der Waals surface area contributed by atoms with Gasteiger partial charge >= 0.3 is 12.2 Å². The Morgan fingerprint density at radius 2 is 1.95 bits per heavy atom. The monoisotopic (exact) mass is 557 g/mol. The summed E-state index contributed by atoms with van der Waals surface area (Å²) in [5, 5.41) is 9.04. The maximum absolute atomic E-state index is 16.3. The van der Waals surface area contributed by atoms with E-state index in [2.05, 4.69) is 19.9 Å². The Morgan fingerprint density at radius 1 is 1.18 bits per heavy atom. The van der Waals surface area contributed by atoms with Crippen LogP contribution in [0.3, 0.4) is 0 Å². The molecule has 0 unspecified atom stereocenters. The number of hydrogen-bond donors (Lipinski definition) is 1. The van der Waals surface area contributed by atoms with Gasteiger partial charge in [-0.3, -0.25) is 9.97 Å². The van der Waals surface area contributed by atoms with E-state index in [0.717, 1.165) is 18.2 Å². The number of rotatable bonds is 5. The maximum Gasteiger partial charge on any atom is 0.417 e. The van der Waals surface area contributed by atoms with Gasteiger partial charge in [-0.05, 0) is 17.7 Å². The van der Waals surface area contributed by atoms with E-state index in [0.29, 0.717) is 17.0 Å². The van der Waals surface area contributed by atoms with Gasteiger partial charge in [-0.15, -0.1) is 11.3 Å². The number of nitriles is 1. The Labute approximate surface area is 221 Å². The van der Waals surface area contributed by atoms with E-state index in [1.807, 2.05) is 0 Å². The summed E-state index contributed by atoms with van der Waals surface area (Å²) in [6.45, 7) is 0.0755. The predicted molar refractivity (Wildman–Crippen MR) is 135 cm³/mol. The van der Waals surface area contributed by atoms with Crippen molar-refractivity contribution in [2.75, 3.05) is 24.8 Å². The molecule has 0 atom stereocenters. The van der Waals surface area contributed by atoms with E-state index >= 15 is 4.39 Å². The standard InChI is InChI=1S/C25H16F5N7OS/c1-37(10-11-9-33-5-6-34-11)23-13-7-15(25(28,29)30)18(19(27)20(13)35-24(36-23)38-2)12-3-4-16(26)21-17(12)14(8-31)22(32)39-21/h3-7,9H,10,32H2,1-2H3. The summed E-state index contributed by atoms with van der Waals surface area (Å²) < 4.78 is 79.4. The van der Waals surface area contributed by atoms with Gasteiger partial charge < -0.3 is 15.4 Å². The SMILES string of the molecule is COc1nc(N(C)Cc2cnccn2)c2cc(C(F)(F)F)c(-c3ccc(F)c4sc(N)c(C#N)c34)c(F)c2n1. The summed E-state index contributed by atoms with van der Waals surface area (Å²) in [6.07, 6.45) is -0.674. The number of methoxy groups -OCH3 is 1. The van der Waals surface area contributed by atoms with Crippen molar-refractivity contribution in [2.24, 2.45) is 0 Å². The van der Waals surface area contributed by atoms with Crippen molar-refractivity contribution in [2.45, 2.75) is 12.7 Å². The summed E-state index contributed by atoms with van der Waals surface area (Å²) >= 11 is 0.688. The van der Waals surface area contributed by atoms with Crippen molar-refractivity contribution < 1.29 is 26.7 Å². The molecule has 39 heavy (non-hydrogen) atoms. The third kappa shape index (κ3) is 4.40. The number of aromatic nitrogens is 4. The normalized spacial score (nSPS) is 11.6. The van der Waals surface area contributed by atoms with Crippen LogP contribution >= 0.6 is 11.3 Å². The van der Waals surface area contributed by atoms with Gasteiger partial charge in [0.25, 0.3) is 0 Å². The molecule has 2 N–H and O–H groups in total. The predicted octanol–water partition coefficient (Wildman–Crippen LogP) is 5.70. The van der Waals surface area contributed by atoms with Crippen molar-refractivity contribution in [1.82, 2.24) is 19.9 Å². The molecule has 0 saturated heterocycles. The molecule has 3 aromatic heterocycles. The first-order valence-electron chi connectivity index (χ1n) is 11.1. The number of hydrogen-bond acceptors (Lipinski definition) is 9. The molecule has 8 nitrogen and oxygen atoms in total. The molecule has 0 radical (unpaired) electrons. The zero-order valence-electron chi connectivity index (χ0n) is 20.1. The number of alkyl halides is 3. The lowest BCUT2D eigenvalue weighted by Crippen LogP contribution is -2.20. The third-order valence-corrected chi connectivity index (χ3v) is 6.98. The minimum absolute atomic E-state index is 0.0554. The molecule has 14 heteroatoms. The van der Waals surface area contributed by atoms with Gasteiger partial charge in [-0.2, -0.15) is 28.4 Å². The average molecular weight is 558 g/mol. The van der Waals surface area contributed by atoms with Gasteiger partial charge in [-0.25, -0.2) is 8.78 Å². The highest BCUT2D eigenvalue weighted by atomic mass is 32.1. The van der Waals surface area contributed by atoms with E-state index in [9.17, 15) is 22.8 Å². The number of halogens is 5. The number of nitrogens with zero attached hydrogens (tertiary/aromatic N) is 6. The van der Waals surface area contributed by atoms with Gasteiger partial charge in [0.05, 0.1) is 41.4 Å². The maximum atomic E-state index is 16.3. The summed E-state index contributed by atoms with van der Waals surface area (Å²) in [6, 6.07) is 4.11. The summed E-state index contributed by atoms with van der Waals surface area (Å²) in [5.41, 5.74) is 2.99. The molecular weight excluding hydrogens is 541 g/mol. The fourth-order valence-corrected chi connectivity index (χ4v) is 5.25. The number of nitrogen functional groups attached to an aromatic ring is 1. The molecule has 0 spiro atoms. The third-order valence-electron chi connectivity index (χ3n) is 5.95. The van der Waals surface area contributed by atoms with Gasteiger partial charge in [0.15, 0.2) is 5.82 Å². The molecule has 3 heterocycles. The molecule has 2 aromatic carbocycles. The van der Waals surface area contributed by atoms with Crippen LogP contribution < -0.4 is 15.4 Å². The molecule has 0 bridgehead atoms. The van der Waals surface area contributed by atoms with E-state index < -0.39 is 34.5 Å². The molecule has 0 fully saturated rings. The second kappa shape index (κ2) is 9.59. The number of thiophene rings is 1. The van der Waals surface area contributed by atoms with Crippen LogP contribution in [-0.2, 0) is 12.7 Å². The lowest BCUT2D eigenvalue weighted by atomic mass is 9.92. The second-order valence-corrected chi connectivity index (χ2v) is 9.40. The second-order valence-electron chi connectivity index (χ2n) is 8.35. The van der Waals surface area contributed by atoms with E-state index in [4.69, 9.17) is 10.5 Å². The summed E-state index contributed by atoms with van der Waals surface area (Å²) in [4.78, 5) is 17.8. The van der Waals surface area contributed by atoms with E-state index in [1.54, 1.807) is 6.07 Å². The van der Waals surface area contributed by atoms with Gasteiger partial charge in [0.1, 0.15) is 28.2 Å². The van der Waals surface area contributed by atoms with Gasteiger partial charge in [0.2, 0.25) is 0 Å². The van der Waals surface area contributed by atoms with Crippen LogP contribution in [0, 0.1) is 23.0 Å². The van der Waals surface area contributed by atoms with Crippen molar-refractivity contribution in [1.29, 1.82) is 5.26 Å². The zero-order chi connectivity index (χ0) is 28.1. The van der Waals surface area contributed by atoms with E-state index in [-0.39, 0.29) is 50.0 Å². The van der Waals surface area contributed by atoms with Crippen molar-refractivity contribution in [3.8, 4) is 23.2 Å². The van der Waals surface area contributed by atoms with Crippen LogP contribution in [0.15, 0.2) is 36.8 Å². The summed E-state index contributed by atoms with van der Waals surface area (Å²) in [7, 11) is 2.76. The van der Waals surface area contributed by atoms with Crippen LogP contribution in [0.5, 0.6) is 6.01 Å². The van der Waals surface area contributed by atoms with Crippen molar-refractivity contribution in [3.05, 3.63) is 65.2 Å². The minimum Gasteiger partial charge on any atom is -0.467 e. The fourth-order valence-electron chi connectivity index (χ4n) is 4.30. The van der Waals surface area contributed by atoms with Gasteiger partial charge in [-0.1, -0.05) is 6.07 Å². The zero-order valence-corrected chi connectivity index (χ0v) is 21.0. The van der Waals surface area contributed by atoms with Crippen LogP contribution in [0.25, 0.3) is 32.1 Å². The van der Waals surface area contributed by atoms with Crippen LogP contribution in [-0.4, -0.2) is 34.1 Å². The highest BCUT2D eigenvalue weighted by Gasteiger charge is 2.38. The smallest absolute Gasteiger partial charge is 0.417 e. The van der Waals surface area contributed by atoms with Gasteiger partial charge in [0, 0.05) is 35.8 Å². The van der Waals surface area contributed by atoms with Crippen LogP contribution in [0.4, 0.5) is 32.8 Å². The number of fused-ring (bicyclic) bond motifs is 2. The molecule has 0 aliphatic heterocycles. The Morgan fingerprint density at radius 3 is 2.59 bits per heavy atom. The Balaban J connectivity index is 1.86. The Bertz CT molecular complexity index is 1780. The minimum atomic E-state index is -5.06. The molecular formula is C25H16F5N7OS. The van der Waals surface area contributed by atoms with Crippen LogP contribution in [0.1, 0.15) is 16.8 Å². The fraction of sp³-hybridized carbons (Fsp3) is 0.160. The Hall–Kier alpha value is -4.64. The number of ether oxygens (including phenoxy) is 1. The highest BCUT2D eigenvalue weighted by molar-refractivity contribution is 7.23. The molecule has 5 aromatic rings. The first kappa shape index (κ1) is 26.0. The topological polar surface area (TPSA) is 114 Å². The quantitative estimate of drug-likeness (QED) is 0.274. The molecule has 0 amide bonds. The molecule has 0 saturated carbocycles. The largest absolute Gasteiger partial charge is 0.467 e. The number of benzene rings is 2. The van der Waals surface area contributed by atoms with Crippen LogP contribution in [0.2, 0.25) is 0 Å². The first-order chi connectivity index (χ1) is 18.5. The lowest BCUT2D eigenvalue weighted by Gasteiger charge is -2.22. The molecule has 0 aliphatic rings. The number of anilines is 2. The van der Waals surface area contributed by atoms with Crippen molar-refractivity contribution >= 4 is 43.1 Å². The van der Waals surface area contributed by atoms with E-state index in [1.165, 1.54) is 37.6 Å². The highest BCUT2D eigenvalue weighted by Crippen LogP contribution is 2.47. The summed E-state index contributed by atoms with van der Waals surface area (Å²) in [5.74, 6) is -2.21. The Kier molecular flexibility index (Phi) is 6.39. The first-order valence-corrected chi connectivity index (χ1v) is 11.9. The van der Waals surface area contributed by atoms with Crippen molar-refractivity contribution in [3.63, 3.8) is 0 Å². The lowest BCUT2D eigenvalue weighted by molar-refractivity contribution is -0.137. The number of nitrogens with two attached hydrogens (primary N) is 1. The molecule has 5 rings (SSSR count).